The number of alkyl halides is 3. The van der Waals surface area contributed by atoms with E-state index in [2.05, 4.69) is 4.99 Å². The lowest BCUT2D eigenvalue weighted by atomic mass is 10.1. The van der Waals surface area contributed by atoms with Crippen molar-refractivity contribution in [3.63, 3.8) is 0 Å². The standard InChI is InChI=1S/C11H8F3NO3/c12-11(13,14)7-3-1-6(2-4-7)8-5-18-9(15-8)10(16)17/h1-4,8H,5H2,(H,16,17). The van der Waals surface area contributed by atoms with Gasteiger partial charge in [-0.15, -0.1) is 0 Å². The second-order valence-corrected chi connectivity index (χ2v) is 3.69. The van der Waals surface area contributed by atoms with Gasteiger partial charge in [-0.2, -0.15) is 13.2 Å². The molecule has 2 rings (SSSR count). The number of hydrogen-bond acceptors (Lipinski definition) is 3. The van der Waals surface area contributed by atoms with Gasteiger partial charge in [0.15, 0.2) is 0 Å². The molecule has 0 saturated heterocycles. The van der Waals surface area contributed by atoms with E-state index in [4.69, 9.17) is 9.84 Å². The second kappa shape index (κ2) is 4.32. The lowest BCUT2D eigenvalue weighted by Gasteiger charge is -2.09. The summed E-state index contributed by atoms with van der Waals surface area (Å²) in [5, 5.41) is 8.62. The minimum absolute atomic E-state index is 0.0208. The molecule has 1 unspecified atom stereocenters. The monoisotopic (exact) mass is 259 g/mol. The minimum atomic E-state index is -4.39. The largest absolute Gasteiger partial charge is 0.474 e. The number of rotatable bonds is 2. The first-order valence-corrected chi connectivity index (χ1v) is 4.99. The zero-order valence-corrected chi connectivity index (χ0v) is 8.94. The Kier molecular flexibility index (Phi) is 2.98. The summed E-state index contributed by atoms with van der Waals surface area (Å²) in [6, 6.07) is 3.84. The molecule has 1 heterocycles. The lowest BCUT2D eigenvalue weighted by molar-refractivity contribution is -0.137. The number of ether oxygens (including phenoxy) is 1. The fraction of sp³-hybridized carbons (Fsp3) is 0.273. The summed E-state index contributed by atoms with van der Waals surface area (Å²) in [6.07, 6.45) is -4.39. The van der Waals surface area contributed by atoms with Crippen LogP contribution < -0.4 is 0 Å². The molecule has 96 valence electrons. The van der Waals surface area contributed by atoms with Crippen LogP contribution in [0.3, 0.4) is 0 Å². The van der Waals surface area contributed by atoms with E-state index in [0.717, 1.165) is 12.1 Å². The maximum Gasteiger partial charge on any atom is 0.416 e. The van der Waals surface area contributed by atoms with Crippen LogP contribution in [0.2, 0.25) is 0 Å². The Morgan fingerprint density at radius 2 is 1.94 bits per heavy atom. The molecule has 1 N–H and O–H groups in total. The van der Waals surface area contributed by atoms with Crippen LogP contribution in [0.25, 0.3) is 0 Å². The van der Waals surface area contributed by atoms with Crippen molar-refractivity contribution in [2.24, 2.45) is 4.99 Å². The summed E-state index contributed by atoms with van der Waals surface area (Å²) >= 11 is 0. The first-order valence-electron chi connectivity index (χ1n) is 4.99. The first kappa shape index (κ1) is 12.4. The highest BCUT2D eigenvalue weighted by Crippen LogP contribution is 2.31. The van der Waals surface area contributed by atoms with Crippen LogP contribution in [0.5, 0.6) is 0 Å². The SMILES string of the molecule is O=C(O)C1=NC(c2ccc(C(F)(F)F)cc2)CO1. The summed E-state index contributed by atoms with van der Waals surface area (Å²) in [6.45, 7) is 0.0208. The normalized spacial score (nSPS) is 19.3. The molecular formula is C11H8F3NO3. The van der Waals surface area contributed by atoms with E-state index in [0.29, 0.717) is 5.56 Å². The number of aliphatic imine (C=N–C) groups is 1. The Bertz CT molecular complexity index is 493. The zero-order valence-electron chi connectivity index (χ0n) is 8.94. The molecular weight excluding hydrogens is 251 g/mol. The second-order valence-electron chi connectivity index (χ2n) is 3.69. The Hall–Kier alpha value is -2.05. The zero-order chi connectivity index (χ0) is 13.3. The van der Waals surface area contributed by atoms with Crippen LogP contribution >= 0.6 is 0 Å². The van der Waals surface area contributed by atoms with Crippen LogP contribution in [0.4, 0.5) is 13.2 Å². The molecule has 18 heavy (non-hydrogen) atoms. The maximum absolute atomic E-state index is 12.3. The predicted molar refractivity (Wildman–Crippen MR) is 55.2 cm³/mol. The van der Waals surface area contributed by atoms with E-state index in [1.807, 2.05) is 0 Å². The fourth-order valence-corrected chi connectivity index (χ4v) is 1.56. The molecule has 0 saturated carbocycles. The molecule has 1 aromatic rings. The third-order valence-corrected chi connectivity index (χ3v) is 2.46. The molecule has 1 aromatic carbocycles. The van der Waals surface area contributed by atoms with Gasteiger partial charge in [0.05, 0.1) is 5.56 Å². The molecule has 1 atom stereocenters. The number of halogens is 3. The summed E-state index contributed by atoms with van der Waals surface area (Å²) in [5.74, 6) is -1.70. The van der Waals surface area contributed by atoms with Gasteiger partial charge in [0.25, 0.3) is 5.90 Å². The number of carboxylic acid groups (broad SMARTS) is 1. The highest BCUT2D eigenvalue weighted by molar-refractivity contribution is 6.32. The van der Waals surface area contributed by atoms with Gasteiger partial charge in [0.1, 0.15) is 12.6 Å². The molecule has 0 aromatic heterocycles. The molecule has 0 spiro atoms. The minimum Gasteiger partial charge on any atom is -0.474 e. The Morgan fingerprint density at radius 3 is 2.39 bits per heavy atom. The highest BCUT2D eigenvalue weighted by Gasteiger charge is 2.31. The molecule has 0 aliphatic carbocycles. The van der Waals surface area contributed by atoms with E-state index >= 15 is 0 Å². The van der Waals surface area contributed by atoms with E-state index < -0.39 is 29.6 Å². The highest BCUT2D eigenvalue weighted by atomic mass is 19.4. The third kappa shape index (κ3) is 2.44. The molecule has 1 aliphatic heterocycles. The Labute approximate surface area is 99.7 Å². The summed E-state index contributed by atoms with van der Waals surface area (Å²) in [7, 11) is 0. The first-order chi connectivity index (χ1) is 8.38. The average molecular weight is 259 g/mol. The van der Waals surface area contributed by atoms with Crippen molar-refractivity contribution < 1.29 is 27.8 Å². The van der Waals surface area contributed by atoms with E-state index in [9.17, 15) is 18.0 Å². The number of nitrogens with zero attached hydrogens (tertiary/aromatic N) is 1. The van der Waals surface area contributed by atoms with Crippen LogP contribution in [0, 0.1) is 0 Å². The number of benzene rings is 1. The summed E-state index contributed by atoms with van der Waals surface area (Å²) in [5.41, 5.74) is -0.271. The topological polar surface area (TPSA) is 58.9 Å². The van der Waals surface area contributed by atoms with Crippen LogP contribution in [-0.2, 0) is 15.7 Å². The Balaban J connectivity index is 2.19. The third-order valence-electron chi connectivity index (χ3n) is 2.46. The van der Waals surface area contributed by atoms with Crippen molar-refractivity contribution in [2.75, 3.05) is 6.61 Å². The summed E-state index contributed by atoms with van der Waals surface area (Å²) < 4.78 is 41.8. The molecule has 1 aliphatic rings. The smallest absolute Gasteiger partial charge is 0.416 e. The molecule has 0 amide bonds. The number of hydrogen-bond donors (Lipinski definition) is 1. The van der Waals surface area contributed by atoms with E-state index in [-0.39, 0.29) is 6.61 Å². The van der Waals surface area contributed by atoms with Crippen LogP contribution in [-0.4, -0.2) is 23.6 Å². The van der Waals surface area contributed by atoms with Gasteiger partial charge in [-0.3, -0.25) is 0 Å². The van der Waals surface area contributed by atoms with Crippen molar-refractivity contribution in [2.45, 2.75) is 12.2 Å². The molecule has 0 fully saturated rings. The van der Waals surface area contributed by atoms with E-state index in [1.165, 1.54) is 12.1 Å². The quantitative estimate of drug-likeness (QED) is 0.886. The lowest BCUT2D eigenvalue weighted by Crippen LogP contribution is -2.12. The van der Waals surface area contributed by atoms with Crippen molar-refractivity contribution in [1.82, 2.24) is 0 Å². The van der Waals surface area contributed by atoms with Gasteiger partial charge in [-0.25, -0.2) is 9.79 Å². The van der Waals surface area contributed by atoms with Crippen LogP contribution in [0.1, 0.15) is 17.2 Å². The van der Waals surface area contributed by atoms with Gasteiger partial charge in [-0.1, -0.05) is 12.1 Å². The van der Waals surface area contributed by atoms with Gasteiger partial charge in [0.2, 0.25) is 0 Å². The average Bonchev–Trinajstić information content (AvgIpc) is 2.77. The van der Waals surface area contributed by atoms with Crippen molar-refractivity contribution in [3.05, 3.63) is 35.4 Å². The number of aliphatic carboxylic acids is 1. The van der Waals surface area contributed by atoms with Gasteiger partial charge >= 0.3 is 12.1 Å². The van der Waals surface area contributed by atoms with Gasteiger partial charge in [-0.05, 0) is 17.7 Å². The van der Waals surface area contributed by atoms with E-state index in [1.54, 1.807) is 0 Å². The van der Waals surface area contributed by atoms with Gasteiger partial charge < -0.3 is 9.84 Å². The number of carbonyl (C=O) groups is 1. The van der Waals surface area contributed by atoms with Crippen molar-refractivity contribution >= 4 is 11.9 Å². The van der Waals surface area contributed by atoms with Crippen molar-refractivity contribution in [3.8, 4) is 0 Å². The maximum atomic E-state index is 12.3. The molecule has 7 heteroatoms. The fourth-order valence-electron chi connectivity index (χ4n) is 1.56. The molecule has 4 nitrogen and oxygen atoms in total. The van der Waals surface area contributed by atoms with Gasteiger partial charge in [0, 0.05) is 0 Å². The Morgan fingerprint density at radius 1 is 1.33 bits per heavy atom. The van der Waals surface area contributed by atoms with Crippen molar-refractivity contribution in [1.29, 1.82) is 0 Å². The molecule has 0 radical (unpaired) electrons. The number of carboxylic acids is 1. The summed E-state index contributed by atoms with van der Waals surface area (Å²) in [4.78, 5) is 14.3. The predicted octanol–water partition coefficient (Wildman–Crippen LogP) is 2.26. The van der Waals surface area contributed by atoms with Crippen LogP contribution in [0.15, 0.2) is 29.3 Å². The molecule has 0 bridgehead atoms.